The highest BCUT2D eigenvalue weighted by atomic mass is 16.5. The van der Waals surface area contributed by atoms with Crippen molar-refractivity contribution in [2.24, 2.45) is 0 Å². The number of nitrogen functional groups attached to an aromatic ring is 1. The molecule has 2 unspecified atom stereocenters. The monoisotopic (exact) mass is 266 g/mol. The summed E-state index contributed by atoms with van der Waals surface area (Å²) in [5, 5.41) is 0. The highest BCUT2D eigenvalue weighted by Crippen LogP contribution is 2.30. The van der Waals surface area contributed by atoms with E-state index in [-0.39, 0.29) is 12.2 Å². The van der Waals surface area contributed by atoms with Gasteiger partial charge in [0, 0.05) is 39.1 Å². The molecule has 5 nitrogen and oxygen atoms in total. The number of rotatable bonds is 5. The van der Waals surface area contributed by atoms with E-state index in [0.29, 0.717) is 12.3 Å². The summed E-state index contributed by atoms with van der Waals surface area (Å²) in [5.74, 6) is 0.731. The minimum absolute atomic E-state index is 0.0955. The first-order valence-electron chi connectivity index (χ1n) is 6.52. The van der Waals surface area contributed by atoms with E-state index < -0.39 is 0 Å². The van der Waals surface area contributed by atoms with Crippen LogP contribution in [0.3, 0.4) is 0 Å². The lowest BCUT2D eigenvalue weighted by atomic mass is 10.2. The molecule has 1 saturated heterocycles. The second kappa shape index (κ2) is 6.12. The summed E-state index contributed by atoms with van der Waals surface area (Å²) >= 11 is 0. The molecule has 2 atom stereocenters. The van der Waals surface area contributed by atoms with Gasteiger partial charge in [0.2, 0.25) is 0 Å². The summed E-state index contributed by atoms with van der Waals surface area (Å²) in [6.07, 6.45) is 0.191. The number of hydrogen-bond donors (Lipinski definition) is 1. The third-order valence-corrected chi connectivity index (χ3v) is 3.48. The van der Waals surface area contributed by atoms with Crippen LogP contribution >= 0.6 is 0 Å². The second-order valence-corrected chi connectivity index (χ2v) is 4.61. The van der Waals surface area contributed by atoms with E-state index in [2.05, 4.69) is 4.90 Å². The highest BCUT2D eigenvalue weighted by molar-refractivity contribution is 5.62. The van der Waals surface area contributed by atoms with Crippen LogP contribution in [0.25, 0.3) is 0 Å². The molecule has 2 rings (SSSR count). The molecule has 5 heteroatoms. The number of nitrogens with two attached hydrogens (primary N) is 1. The van der Waals surface area contributed by atoms with Gasteiger partial charge in [0.15, 0.2) is 0 Å². The molecular weight excluding hydrogens is 244 g/mol. The Hall–Kier alpha value is -1.46. The molecule has 0 aliphatic carbocycles. The van der Waals surface area contributed by atoms with Gasteiger partial charge in [-0.2, -0.15) is 0 Å². The van der Waals surface area contributed by atoms with Crippen molar-refractivity contribution in [3.8, 4) is 5.75 Å². The number of methoxy groups -OCH3 is 2. The molecule has 2 N–H and O–H groups in total. The van der Waals surface area contributed by atoms with Crippen molar-refractivity contribution in [3.63, 3.8) is 0 Å². The van der Waals surface area contributed by atoms with Crippen LogP contribution < -0.4 is 15.4 Å². The summed E-state index contributed by atoms with van der Waals surface area (Å²) in [6.45, 7) is 4.17. The maximum atomic E-state index is 5.89. The summed E-state index contributed by atoms with van der Waals surface area (Å²) in [7, 11) is 3.43. The molecule has 1 heterocycles. The van der Waals surface area contributed by atoms with Gasteiger partial charge >= 0.3 is 0 Å². The predicted molar refractivity (Wildman–Crippen MR) is 75.8 cm³/mol. The topological polar surface area (TPSA) is 57.0 Å². The van der Waals surface area contributed by atoms with Gasteiger partial charge in [0.05, 0.1) is 12.3 Å². The first-order valence-corrected chi connectivity index (χ1v) is 6.52. The average molecular weight is 266 g/mol. The molecule has 106 valence electrons. The molecule has 1 aromatic carbocycles. The number of nitrogens with zero attached hydrogens (tertiary/aromatic N) is 1. The lowest BCUT2D eigenvalue weighted by molar-refractivity contribution is -0.00461. The van der Waals surface area contributed by atoms with E-state index in [9.17, 15) is 0 Å². The van der Waals surface area contributed by atoms with E-state index in [1.54, 1.807) is 14.2 Å². The predicted octanol–water partition coefficient (Wildman–Crippen LogP) is 1.52. The number of benzene rings is 1. The molecule has 0 spiro atoms. The molecule has 1 aliphatic rings. The Morgan fingerprint density at radius 3 is 2.37 bits per heavy atom. The highest BCUT2D eigenvalue weighted by Gasteiger charge is 2.33. The fourth-order valence-electron chi connectivity index (χ4n) is 2.41. The number of ether oxygens (including phenoxy) is 3. The largest absolute Gasteiger partial charge is 0.492 e. The van der Waals surface area contributed by atoms with Crippen molar-refractivity contribution in [3.05, 3.63) is 18.2 Å². The van der Waals surface area contributed by atoms with Gasteiger partial charge in [-0.25, -0.2) is 0 Å². The zero-order valence-electron chi connectivity index (χ0n) is 11.8. The van der Waals surface area contributed by atoms with E-state index in [0.717, 1.165) is 24.5 Å². The van der Waals surface area contributed by atoms with Gasteiger partial charge in [-0.3, -0.25) is 0 Å². The lowest BCUT2D eigenvalue weighted by Crippen LogP contribution is -2.27. The molecule has 1 fully saturated rings. The van der Waals surface area contributed by atoms with Crippen molar-refractivity contribution in [2.75, 3.05) is 44.5 Å². The first-order chi connectivity index (χ1) is 9.19. The van der Waals surface area contributed by atoms with Gasteiger partial charge in [-0.05, 0) is 19.1 Å². The fourth-order valence-corrected chi connectivity index (χ4v) is 2.41. The lowest BCUT2D eigenvalue weighted by Gasteiger charge is -2.19. The number of anilines is 2. The third-order valence-electron chi connectivity index (χ3n) is 3.48. The Morgan fingerprint density at radius 1 is 1.21 bits per heavy atom. The van der Waals surface area contributed by atoms with E-state index in [1.165, 1.54) is 0 Å². The van der Waals surface area contributed by atoms with Gasteiger partial charge in [-0.1, -0.05) is 0 Å². The minimum Gasteiger partial charge on any atom is -0.492 e. The summed E-state index contributed by atoms with van der Waals surface area (Å²) in [5.41, 5.74) is 7.63. The van der Waals surface area contributed by atoms with Crippen molar-refractivity contribution < 1.29 is 14.2 Å². The molecule has 1 aliphatic heterocycles. The minimum atomic E-state index is 0.0955. The van der Waals surface area contributed by atoms with Crippen LogP contribution in [0.1, 0.15) is 6.92 Å². The summed E-state index contributed by atoms with van der Waals surface area (Å²) in [4.78, 5) is 2.23. The Morgan fingerprint density at radius 2 is 1.84 bits per heavy atom. The van der Waals surface area contributed by atoms with E-state index in [4.69, 9.17) is 19.9 Å². The Bertz CT molecular complexity index is 413. The van der Waals surface area contributed by atoms with Crippen LogP contribution in [0.4, 0.5) is 11.4 Å². The average Bonchev–Trinajstić information content (AvgIpc) is 2.84. The quantitative estimate of drug-likeness (QED) is 0.819. The van der Waals surface area contributed by atoms with Gasteiger partial charge in [0.1, 0.15) is 18.0 Å². The Kier molecular flexibility index (Phi) is 4.50. The van der Waals surface area contributed by atoms with Crippen LogP contribution in [-0.4, -0.2) is 46.1 Å². The molecule has 0 bridgehead atoms. The third kappa shape index (κ3) is 2.93. The Balaban J connectivity index is 2.16. The van der Waals surface area contributed by atoms with Crippen molar-refractivity contribution in [1.82, 2.24) is 0 Å². The van der Waals surface area contributed by atoms with Crippen LogP contribution in [0, 0.1) is 0 Å². The molecule has 0 amide bonds. The smallest absolute Gasteiger partial charge is 0.144 e. The van der Waals surface area contributed by atoms with Crippen LogP contribution in [0.15, 0.2) is 18.2 Å². The first kappa shape index (κ1) is 14.0. The standard InChI is InChI=1S/C14H22N2O3/c1-4-19-12-7-10(5-6-11(12)15)16-8-13(17-2)14(9-16)18-3/h5-7,13-14H,4,8-9,15H2,1-3H3. The fraction of sp³-hybridized carbons (Fsp3) is 0.571. The van der Waals surface area contributed by atoms with Crippen LogP contribution in [0.5, 0.6) is 5.75 Å². The molecule has 0 radical (unpaired) electrons. The SMILES string of the molecule is CCOc1cc(N2CC(OC)C(OC)C2)ccc1N. The van der Waals surface area contributed by atoms with Crippen LogP contribution in [0.2, 0.25) is 0 Å². The van der Waals surface area contributed by atoms with Crippen molar-refractivity contribution >= 4 is 11.4 Å². The second-order valence-electron chi connectivity index (χ2n) is 4.61. The van der Waals surface area contributed by atoms with Gasteiger partial charge in [0.25, 0.3) is 0 Å². The van der Waals surface area contributed by atoms with Crippen molar-refractivity contribution in [1.29, 1.82) is 0 Å². The molecule has 19 heavy (non-hydrogen) atoms. The number of hydrogen-bond acceptors (Lipinski definition) is 5. The zero-order valence-corrected chi connectivity index (χ0v) is 11.8. The molecular formula is C14H22N2O3. The van der Waals surface area contributed by atoms with Gasteiger partial charge < -0.3 is 24.8 Å². The maximum Gasteiger partial charge on any atom is 0.144 e. The van der Waals surface area contributed by atoms with Gasteiger partial charge in [-0.15, -0.1) is 0 Å². The Labute approximate surface area is 114 Å². The molecule has 0 saturated carbocycles. The summed E-state index contributed by atoms with van der Waals surface area (Å²) in [6, 6.07) is 5.86. The molecule has 1 aromatic rings. The van der Waals surface area contributed by atoms with E-state index >= 15 is 0 Å². The molecule has 0 aromatic heterocycles. The van der Waals surface area contributed by atoms with Crippen LogP contribution in [-0.2, 0) is 9.47 Å². The zero-order chi connectivity index (χ0) is 13.8. The maximum absolute atomic E-state index is 5.89. The summed E-state index contributed by atoms with van der Waals surface area (Å²) < 4.78 is 16.4. The normalized spacial score (nSPS) is 22.8. The van der Waals surface area contributed by atoms with E-state index in [1.807, 2.05) is 25.1 Å². The van der Waals surface area contributed by atoms with Crippen molar-refractivity contribution in [2.45, 2.75) is 19.1 Å².